The third kappa shape index (κ3) is 2.45. The molecule has 0 radical (unpaired) electrons. The number of anilines is 1. The minimum Gasteiger partial charge on any atom is -0.382 e. The third-order valence-corrected chi connectivity index (χ3v) is 2.75. The molecule has 0 bridgehead atoms. The normalized spacial score (nSPS) is 11.6. The van der Waals surface area contributed by atoms with Crippen LogP contribution in [0.2, 0.25) is 0 Å². The number of nitrogen functional groups attached to an aromatic ring is 1. The Bertz CT molecular complexity index is 570. The van der Waals surface area contributed by atoms with Gasteiger partial charge in [0.2, 0.25) is 0 Å². The molecule has 1 aromatic carbocycles. The van der Waals surface area contributed by atoms with Crippen LogP contribution in [-0.4, -0.2) is 9.97 Å². The molecular weight excluding hydrogens is 311 g/mol. The van der Waals surface area contributed by atoms with Gasteiger partial charge < -0.3 is 5.73 Å². The van der Waals surface area contributed by atoms with Gasteiger partial charge in [-0.15, -0.1) is 0 Å². The molecule has 3 nitrogen and oxygen atoms in total. The van der Waals surface area contributed by atoms with E-state index in [0.29, 0.717) is 5.56 Å². The molecule has 7 heteroatoms. The number of benzene rings is 1. The Balaban J connectivity index is 2.57. The van der Waals surface area contributed by atoms with Crippen molar-refractivity contribution >= 4 is 21.7 Å². The lowest BCUT2D eigenvalue weighted by atomic mass is 10.1. The standard InChI is InChI=1S/C11H7BrF3N3/c12-9-8(11(13,14)15)18-10(16)7(17-9)6-4-2-1-3-5-6/h1-5H,(H2,16,18). The second-order valence-corrected chi connectivity index (χ2v) is 4.21. The molecule has 0 saturated carbocycles. The molecule has 94 valence electrons. The first-order chi connectivity index (χ1) is 8.39. The summed E-state index contributed by atoms with van der Waals surface area (Å²) in [6.45, 7) is 0. The molecule has 0 unspecified atom stereocenters. The van der Waals surface area contributed by atoms with Crippen LogP contribution in [-0.2, 0) is 6.18 Å². The van der Waals surface area contributed by atoms with Crippen LogP contribution in [0.1, 0.15) is 5.69 Å². The molecule has 1 heterocycles. The second kappa shape index (κ2) is 4.56. The summed E-state index contributed by atoms with van der Waals surface area (Å²) < 4.78 is 37.4. The van der Waals surface area contributed by atoms with Crippen LogP contribution in [0.25, 0.3) is 11.3 Å². The van der Waals surface area contributed by atoms with Crippen LogP contribution in [0.3, 0.4) is 0 Å². The van der Waals surface area contributed by atoms with E-state index in [9.17, 15) is 13.2 Å². The van der Waals surface area contributed by atoms with Crippen molar-refractivity contribution in [3.8, 4) is 11.3 Å². The molecule has 0 aliphatic carbocycles. The highest BCUT2D eigenvalue weighted by molar-refractivity contribution is 9.10. The van der Waals surface area contributed by atoms with Crippen LogP contribution in [0.5, 0.6) is 0 Å². The largest absolute Gasteiger partial charge is 0.436 e. The van der Waals surface area contributed by atoms with E-state index in [1.807, 2.05) is 0 Å². The van der Waals surface area contributed by atoms with Gasteiger partial charge in [-0.2, -0.15) is 13.2 Å². The fourth-order valence-electron chi connectivity index (χ4n) is 1.42. The minimum absolute atomic E-state index is 0.218. The third-order valence-electron chi connectivity index (χ3n) is 2.20. The van der Waals surface area contributed by atoms with Crippen molar-refractivity contribution in [2.24, 2.45) is 0 Å². The van der Waals surface area contributed by atoms with Crippen molar-refractivity contribution < 1.29 is 13.2 Å². The van der Waals surface area contributed by atoms with Gasteiger partial charge in [-0.05, 0) is 15.9 Å². The van der Waals surface area contributed by atoms with E-state index < -0.39 is 11.9 Å². The van der Waals surface area contributed by atoms with Gasteiger partial charge in [0.25, 0.3) is 0 Å². The van der Waals surface area contributed by atoms with Gasteiger partial charge >= 0.3 is 6.18 Å². The summed E-state index contributed by atoms with van der Waals surface area (Å²) in [5, 5.41) is 0. The fraction of sp³-hybridized carbons (Fsp3) is 0.0909. The lowest BCUT2D eigenvalue weighted by Crippen LogP contribution is -2.13. The SMILES string of the molecule is Nc1nc(C(F)(F)F)c(Br)nc1-c1ccccc1. The van der Waals surface area contributed by atoms with Gasteiger partial charge in [-0.3, -0.25) is 0 Å². The second-order valence-electron chi connectivity index (χ2n) is 3.46. The Morgan fingerprint density at radius 1 is 1.06 bits per heavy atom. The molecule has 2 N–H and O–H groups in total. The zero-order valence-electron chi connectivity index (χ0n) is 8.87. The molecular formula is C11H7BrF3N3. The maximum atomic E-state index is 12.6. The molecule has 2 aromatic rings. The van der Waals surface area contributed by atoms with Crippen molar-refractivity contribution in [3.05, 3.63) is 40.6 Å². The van der Waals surface area contributed by atoms with E-state index in [1.54, 1.807) is 30.3 Å². The molecule has 0 aliphatic rings. The van der Waals surface area contributed by atoms with E-state index in [4.69, 9.17) is 5.73 Å². The Kier molecular flexibility index (Phi) is 3.25. The summed E-state index contributed by atoms with van der Waals surface area (Å²) in [4.78, 5) is 7.18. The molecule has 0 amide bonds. The van der Waals surface area contributed by atoms with Gasteiger partial charge in [0, 0.05) is 5.56 Å². The van der Waals surface area contributed by atoms with Crippen LogP contribution in [0.4, 0.5) is 19.0 Å². The number of halogens is 4. The van der Waals surface area contributed by atoms with E-state index >= 15 is 0 Å². The molecule has 1 aromatic heterocycles. The van der Waals surface area contributed by atoms with E-state index in [1.165, 1.54) is 0 Å². The van der Waals surface area contributed by atoms with Gasteiger partial charge in [-0.1, -0.05) is 30.3 Å². The number of nitrogens with zero attached hydrogens (tertiary/aromatic N) is 2. The van der Waals surface area contributed by atoms with Gasteiger partial charge in [0.1, 0.15) is 10.3 Å². The van der Waals surface area contributed by atoms with E-state index in [-0.39, 0.29) is 16.1 Å². The van der Waals surface area contributed by atoms with Crippen LogP contribution in [0.15, 0.2) is 34.9 Å². The van der Waals surface area contributed by atoms with Crippen LogP contribution < -0.4 is 5.73 Å². The Hall–Kier alpha value is -1.63. The minimum atomic E-state index is -4.59. The summed E-state index contributed by atoms with van der Waals surface area (Å²) in [5.41, 5.74) is 5.23. The number of hydrogen-bond acceptors (Lipinski definition) is 3. The van der Waals surface area contributed by atoms with Crippen molar-refractivity contribution in [3.63, 3.8) is 0 Å². The van der Waals surface area contributed by atoms with Crippen molar-refractivity contribution in [1.29, 1.82) is 0 Å². The van der Waals surface area contributed by atoms with Crippen LogP contribution in [0, 0.1) is 0 Å². The smallest absolute Gasteiger partial charge is 0.382 e. The molecule has 0 atom stereocenters. The Morgan fingerprint density at radius 3 is 2.22 bits per heavy atom. The van der Waals surface area contributed by atoms with Gasteiger partial charge in [-0.25, -0.2) is 9.97 Å². The highest BCUT2D eigenvalue weighted by Gasteiger charge is 2.36. The van der Waals surface area contributed by atoms with Crippen LogP contribution >= 0.6 is 15.9 Å². The van der Waals surface area contributed by atoms with Crippen molar-refractivity contribution in [2.75, 3.05) is 5.73 Å². The Morgan fingerprint density at radius 2 is 1.67 bits per heavy atom. The fourth-order valence-corrected chi connectivity index (χ4v) is 1.91. The molecule has 18 heavy (non-hydrogen) atoms. The first-order valence-electron chi connectivity index (χ1n) is 4.85. The number of nitrogens with two attached hydrogens (primary N) is 1. The zero-order valence-corrected chi connectivity index (χ0v) is 10.5. The average Bonchev–Trinajstić information content (AvgIpc) is 2.31. The molecule has 0 spiro atoms. The first kappa shape index (κ1) is 12.8. The summed E-state index contributed by atoms with van der Waals surface area (Å²) in [5.74, 6) is -0.253. The van der Waals surface area contributed by atoms with Crippen molar-refractivity contribution in [2.45, 2.75) is 6.18 Å². The lowest BCUT2D eigenvalue weighted by Gasteiger charge is -2.11. The average molecular weight is 318 g/mol. The summed E-state index contributed by atoms with van der Waals surface area (Å²) in [7, 11) is 0. The summed E-state index contributed by atoms with van der Waals surface area (Å²) >= 11 is 2.77. The highest BCUT2D eigenvalue weighted by atomic mass is 79.9. The molecule has 2 rings (SSSR count). The van der Waals surface area contributed by atoms with Gasteiger partial charge in [0.15, 0.2) is 11.5 Å². The van der Waals surface area contributed by atoms with E-state index in [2.05, 4.69) is 25.9 Å². The summed E-state index contributed by atoms with van der Waals surface area (Å²) in [6, 6.07) is 8.65. The first-order valence-corrected chi connectivity index (χ1v) is 5.64. The predicted octanol–water partition coefficient (Wildman–Crippen LogP) is 3.51. The number of alkyl halides is 3. The number of aromatic nitrogens is 2. The lowest BCUT2D eigenvalue weighted by molar-refractivity contribution is -0.142. The summed E-state index contributed by atoms with van der Waals surface area (Å²) in [6.07, 6.45) is -4.59. The predicted molar refractivity (Wildman–Crippen MR) is 64.6 cm³/mol. The molecule has 0 aliphatic heterocycles. The van der Waals surface area contributed by atoms with Crippen molar-refractivity contribution in [1.82, 2.24) is 9.97 Å². The Labute approximate surface area is 109 Å². The monoisotopic (exact) mass is 317 g/mol. The topological polar surface area (TPSA) is 51.8 Å². The maximum absolute atomic E-state index is 12.6. The zero-order chi connectivity index (χ0) is 13.3. The number of rotatable bonds is 1. The molecule has 0 saturated heterocycles. The number of hydrogen-bond donors (Lipinski definition) is 1. The molecule has 0 fully saturated rings. The quantitative estimate of drug-likeness (QED) is 0.875. The van der Waals surface area contributed by atoms with E-state index in [0.717, 1.165) is 0 Å². The maximum Gasteiger partial charge on any atom is 0.436 e. The highest BCUT2D eigenvalue weighted by Crippen LogP contribution is 2.35. The van der Waals surface area contributed by atoms with Gasteiger partial charge in [0.05, 0.1) is 0 Å².